The Morgan fingerprint density at radius 2 is 2.11 bits per heavy atom. The molecule has 3 rings (SSSR count). The van der Waals surface area contributed by atoms with E-state index in [1.165, 1.54) is 5.56 Å². The molecule has 1 aromatic carbocycles. The van der Waals surface area contributed by atoms with Crippen molar-refractivity contribution in [2.45, 2.75) is 38.5 Å². The van der Waals surface area contributed by atoms with Crippen molar-refractivity contribution >= 4 is 0 Å². The minimum atomic E-state index is 0.357. The summed E-state index contributed by atoms with van der Waals surface area (Å²) in [5, 5.41) is 3.60. The van der Waals surface area contributed by atoms with Crippen molar-refractivity contribution in [2.75, 3.05) is 19.8 Å². The van der Waals surface area contributed by atoms with Gasteiger partial charge in [0.2, 0.25) is 0 Å². The molecule has 2 unspecified atom stereocenters. The van der Waals surface area contributed by atoms with Crippen molar-refractivity contribution in [3.05, 3.63) is 23.8 Å². The molecular formula is C15H21NO3. The highest BCUT2D eigenvalue weighted by Crippen LogP contribution is 2.33. The van der Waals surface area contributed by atoms with Crippen LogP contribution in [0.15, 0.2) is 18.2 Å². The second-order valence-corrected chi connectivity index (χ2v) is 5.22. The Labute approximate surface area is 114 Å². The van der Waals surface area contributed by atoms with Crippen LogP contribution in [0.5, 0.6) is 11.5 Å². The first-order valence-corrected chi connectivity index (χ1v) is 7.05. The number of hydrogen-bond acceptors (Lipinski definition) is 4. The molecule has 2 heterocycles. The number of benzene rings is 1. The predicted octanol–water partition coefficient (Wildman–Crippen LogP) is 2.11. The summed E-state index contributed by atoms with van der Waals surface area (Å²) in [6, 6.07) is 6.62. The summed E-state index contributed by atoms with van der Waals surface area (Å²) >= 11 is 0. The molecule has 4 heteroatoms. The van der Waals surface area contributed by atoms with E-state index in [-0.39, 0.29) is 0 Å². The SMILES string of the molecule is CC1CC(NCc2cccc3c2OCCO3)CCO1. The number of hydrogen-bond donors (Lipinski definition) is 1. The summed E-state index contributed by atoms with van der Waals surface area (Å²) in [7, 11) is 0. The van der Waals surface area contributed by atoms with Crippen LogP contribution in [0.1, 0.15) is 25.3 Å². The minimum absolute atomic E-state index is 0.357. The maximum Gasteiger partial charge on any atom is 0.165 e. The number of nitrogens with one attached hydrogen (secondary N) is 1. The van der Waals surface area contributed by atoms with Gasteiger partial charge in [0.05, 0.1) is 6.10 Å². The Morgan fingerprint density at radius 1 is 1.21 bits per heavy atom. The van der Waals surface area contributed by atoms with Crippen molar-refractivity contribution < 1.29 is 14.2 Å². The molecule has 0 saturated carbocycles. The molecule has 4 nitrogen and oxygen atoms in total. The van der Waals surface area contributed by atoms with E-state index in [0.717, 1.165) is 37.5 Å². The van der Waals surface area contributed by atoms with Gasteiger partial charge in [-0.05, 0) is 25.8 Å². The fourth-order valence-corrected chi connectivity index (χ4v) is 2.71. The molecule has 0 aliphatic carbocycles. The monoisotopic (exact) mass is 263 g/mol. The quantitative estimate of drug-likeness (QED) is 0.906. The van der Waals surface area contributed by atoms with Crippen molar-refractivity contribution in [3.8, 4) is 11.5 Å². The molecule has 104 valence electrons. The van der Waals surface area contributed by atoms with E-state index in [2.05, 4.69) is 18.3 Å². The van der Waals surface area contributed by atoms with Crippen LogP contribution in [0.25, 0.3) is 0 Å². The Hall–Kier alpha value is -1.26. The van der Waals surface area contributed by atoms with Crippen molar-refractivity contribution in [1.82, 2.24) is 5.32 Å². The average molecular weight is 263 g/mol. The van der Waals surface area contributed by atoms with Gasteiger partial charge in [0.1, 0.15) is 13.2 Å². The second kappa shape index (κ2) is 5.80. The van der Waals surface area contributed by atoms with Gasteiger partial charge in [0, 0.05) is 24.8 Å². The first-order chi connectivity index (χ1) is 9.33. The predicted molar refractivity (Wildman–Crippen MR) is 72.7 cm³/mol. The van der Waals surface area contributed by atoms with E-state index >= 15 is 0 Å². The first-order valence-electron chi connectivity index (χ1n) is 7.05. The van der Waals surface area contributed by atoms with Gasteiger partial charge in [-0.2, -0.15) is 0 Å². The lowest BCUT2D eigenvalue weighted by Crippen LogP contribution is -2.37. The fourth-order valence-electron chi connectivity index (χ4n) is 2.71. The van der Waals surface area contributed by atoms with Crippen LogP contribution in [0.4, 0.5) is 0 Å². The van der Waals surface area contributed by atoms with Gasteiger partial charge < -0.3 is 19.5 Å². The third-order valence-electron chi connectivity index (χ3n) is 3.71. The van der Waals surface area contributed by atoms with Crippen molar-refractivity contribution in [1.29, 1.82) is 0 Å². The topological polar surface area (TPSA) is 39.7 Å². The highest BCUT2D eigenvalue weighted by Gasteiger charge is 2.20. The van der Waals surface area contributed by atoms with Crippen LogP contribution in [0.2, 0.25) is 0 Å². The van der Waals surface area contributed by atoms with Crippen LogP contribution in [-0.4, -0.2) is 32.0 Å². The number of para-hydroxylation sites is 1. The molecule has 2 atom stereocenters. The summed E-state index contributed by atoms with van der Waals surface area (Å²) in [5.74, 6) is 1.77. The lowest BCUT2D eigenvalue weighted by Gasteiger charge is -2.28. The fraction of sp³-hybridized carbons (Fsp3) is 0.600. The second-order valence-electron chi connectivity index (χ2n) is 5.22. The van der Waals surface area contributed by atoms with E-state index < -0.39 is 0 Å². The highest BCUT2D eigenvalue weighted by molar-refractivity contribution is 5.47. The Morgan fingerprint density at radius 3 is 3.00 bits per heavy atom. The van der Waals surface area contributed by atoms with Crippen LogP contribution in [0.3, 0.4) is 0 Å². The summed E-state index contributed by atoms with van der Waals surface area (Å²) < 4.78 is 16.9. The van der Waals surface area contributed by atoms with Gasteiger partial charge in [-0.15, -0.1) is 0 Å². The molecule has 1 saturated heterocycles. The molecule has 2 aliphatic rings. The van der Waals surface area contributed by atoms with Gasteiger partial charge in [-0.25, -0.2) is 0 Å². The van der Waals surface area contributed by atoms with Gasteiger partial charge in [-0.3, -0.25) is 0 Å². The molecule has 0 amide bonds. The zero-order valence-corrected chi connectivity index (χ0v) is 11.4. The highest BCUT2D eigenvalue weighted by atomic mass is 16.6. The Kier molecular flexibility index (Phi) is 3.89. The Balaban J connectivity index is 1.63. The van der Waals surface area contributed by atoms with Crippen molar-refractivity contribution in [3.63, 3.8) is 0 Å². The van der Waals surface area contributed by atoms with Gasteiger partial charge >= 0.3 is 0 Å². The molecule has 1 N–H and O–H groups in total. The summed E-state index contributed by atoms with van der Waals surface area (Å²) in [4.78, 5) is 0. The number of fused-ring (bicyclic) bond motifs is 1. The standard InChI is InChI=1S/C15H21NO3/c1-11-9-13(5-6-17-11)16-10-12-3-2-4-14-15(12)19-8-7-18-14/h2-4,11,13,16H,5-10H2,1H3. The van der Waals surface area contributed by atoms with Crippen LogP contribution >= 0.6 is 0 Å². The third-order valence-corrected chi connectivity index (χ3v) is 3.71. The van der Waals surface area contributed by atoms with Gasteiger partial charge in [0.25, 0.3) is 0 Å². The summed E-state index contributed by atoms with van der Waals surface area (Å²) in [6.45, 7) is 5.09. The lowest BCUT2D eigenvalue weighted by atomic mass is 10.0. The van der Waals surface area contributed by atoms with Crippen LogP contribution in [0, 0.1) is 0 Å². The van der Waals surface area contributed by atoms with Gasteiger partial charge in [0.15, 0.2) is 11.5 Å². The molecule has 0 radical (unpaired) electrons. The minimum Gasteiger partial charge on any atom is -0.486 e. The van der Waals surface area contributed by atoms with Crippen LogP contribution in [-0.2, 0) is 11.3 Å². The van der Waals surface area contributed by atoms with E-state index in [4.69, 9.17) is 14.2 Å². The third kappa shape index (κ3) is 3.01. The van der Waals surface area contributed by atoms with E-state index in [9.17, 15) is 0 Å². The summed E-state index contributed by atoms with van der Waals surface area (Å²) in [5.41, 5.74) is 1.18. The zero-order chi connectivity index (χ0) is 13.1. The molecule has 2 aliphatic heterocycles. The molecule has 1 aromatic rings. The molecular weight excluding hydrogens is 242 g/mol. The van der Waals surface area contributed by atoms with E-state index in [1.807, 2.05) is 12.1 Å². The molecule has 0 spiro atoms. The Bertz CT molecular complexity index is 435. The average Bonchev–Trinajstić information content (AvgIpc) is 2.45. The van der Waals surface area contributed by atoms with Gasteiger partial charge in [-0.1, -0.05) is 12.1 Å². The van der Waals surface area contributed by atoms with Crippen LogP contribution < -0.4 is 14.8 Å². The lowest BCUT2D eigenvalue weighted by molar-refractivity contribution is 0.0130. The first kappa shape index (κ1) is 12.8. The summed E-state index contributed by atoms with van der Waals surface area (Å²) in [6.07, 6.45) is 2.51. The molecule has 19 heavy (non-hydrogen) atoms. The maximum absolute atomic E-state index is 5.73. The number of rotatable bonds is 3. The number of ether oxygens (including phenoxy) is 3. The largest absolute Gasteiger partial charge is 0.486 e. The molecule has 0 bridgehead atoms. The van der Waals surface area contributed by atoms with Crippen molar-refractivity contribution in [2.24, 2.45) is 0 Å². The zero-order valence-electron chi connectivity index (χ0n) is 11.4. The maximum atomic E-state index is 5.73. The smallest absolute Gasteiger partial charge is 0.165 e. The normalized spacial score (nSPS) is 26.2. The van der Waals surface area contributed by atoms with E-state index in [0.29, 0.717) is 25.4 Å². The van der Waals surface area contributed by atoms with E-state index in [1.54, 1.807) is 0 Å². The molecule has 0 aromatic heterocycles. The molecule has 1 fully saturated rings.